The molecule has 1 aromatic heterocycles. The summed E-state index contributed by atoms with van der Waals surface area (Å²) in [6, 6.07) is 9.34. The predicted octanol–water partition coefficient (Wildman–Crippen LogP) is 5.09. The lowest BCUT2D eigenvalue weighted by Gasteiger charge is -2.06. The maximum atomic E-state index is 6.21. The minimum atomic E-state index is 0.604. The summed E-state index contributed by atoms with van der Waals surface area (Å²) in [6.45, 7) is 5.79. The van der Waals surface area contributed by atoms with Gasteiger partial charge in [-0.15, -0.1) is 0 Å². The third kappa shape index (κ3) is 2.68. The average Bonchev–Trinajstić information content (AvgIpc) is 2.28. The quantitative estimate of drug-likeness (QED) is 0.736. The Morgan fingerprint density at radius 3 is 2.59 bits per heavy atom. The van der Waals surface area contributed by atoms with Crippen molar-refractivity contribution in [3.8, 4) is 11.3 Å². The van der Waals surface area contributed by atoms with E-state index in [1.807, 2.05) is 37.3 Å². The van der Waals surface area contributed by atoms with Crippen molar-refractivity contribution in [2.75, 3.05) is 0 Å². The molecule has 0 radical (unpaired) electrons. The molecule has 86 valence electrons. The second kappa shape index (κ2) is 4.91. The van der Waals surface area contributed by atoms with Crippen LogP contribution >= 0.6 is 23.2 Å². The topological polar surface area (TPSA) is 12.9 Å². The number of halogens is 2. The van der Waals surface area contributed by atoms with Crippen LogP contribution in [0.1, 0.15) is 12.5 Å². The van der Waals surface area contributed by atoms with Gasteiger partial charge in [0.05, 0.1) is 10.7 Å². The van der Waals surface area contributed by atoms with Crippen molar-refractivity contribution in [1.82, 2.24) is 4.98 Å². The van der Waals surface area contributed by atoms with Gasteiger partial charge >= 0.3 is 0 Å². The fourth-order valence-electron chi connectivity index (χ4n) is 1.52. The fraction of sp³-hybridized carbons (Fsp3) is 0.0714. The molecular formula is C14H11Cl2N. The van der Waals surface area contributed by atoms with Crippen molar-refractivity contribution in [1.29, 1.82) is 0 Å². The third-order valence-electron chi connectivity index (χ3n) is 2.43. The maximum Gasteiger partial charge on any atom is 0.0889 e. The van der Waals surface area contributed by atoms with E-state index in [2.05, 4.69) is 11.6 Å². The molecule has 0 amide bonds. The van der Waals surface area contributed by atoms with E-state index >= 15 is 0 Å². The van der Waals surface area contributed by atoms with E-state index in [0.717, 1.165) is 22.4 Å². The van der Waals surface area contributed by atoms with Gasteiger partial charge in [-0.25, -0.2) is 0 Å². The molecule has 3 heteroatoms. The van der Waals surface area contributed by atoms with Gasteiger partial charge in [0, 0.05) is 16.8 Å². The van der Waals surface area contributed by atoms with E-state index in [-0.39, 0.29) is 0 Å². The molecule has 1 aromatic carbocycles. The summed E-state index contributed by atoms with van der Waals surface area (Å²) in [4.78, 5) is 4.36. The number of pyridine rings is 1. The minimum absolute atomic E-state index is 0.604. The van der Waals surface area contributed by atoms with Gasteiger partial charge in [-0.3, -0.25) is 4.98 Å². The molecule has 0 aliphatic heterocycles. The summed E-state index contributed by atoms with van der Waals surface area (Å²) in [5, 5.41) is 1.28. The van der Waals surface area contributed by atoms with Crippen molar-refractivity contribution in [2.24, 2.45) is 0 Å². The van der Waals surface area contributed by atoms with Crippen molar-refractivity contribution in [3.05, 3.63) is 58.7 Å². The number of nitrogens with zero attached hydrogens (tertiary/aromatic N) is 1. The summed E-state index contributed by atoms with van der Waals surface area (Å²) in [7, 11) is 0. The Kier molecular flexibility index (Phi) is 3.51. The number of benzene rings is 1. The van der Waals surface area contributed by atoms with E-state index < -0.39 is 0 Å². The summed E-state index contributed by atoms with van der Waals surface area (Å²) in [5.41, 5.74) is 3.53. The Bertz CT molecular complexity index is 576. The van der Waals surface area contributed by atoms with Gasteiger partial charge in [0.25, 0.3) is 0 Å². The molecule has 0 bridgehead atoms. The molecule has 0 aliphatic carbocycles. The van der Waals surface area contributed by atoms with Crippen LogP contribution in [0.15, 0.2) is 43.1 Å². The molecule has 0 saturated carbocycles. The van der Waals surface area contributed by atoms with Crippen LogP contribution in [0.5, 0.6) is 0 Å². The van der Waals surface area contributed by atoms with Crippen molar-refractivity contribution >= 4 is 28.8 Å². The molecule has 0 atom stereocenters. The van der Waals surface area contributed by atoms with Crippen molar-refractivity contribution in [3.63, 3.8) is 0 Å². The molecular weight excluding hydrogens is 253 g/mol. The summed E-state index contributed by atoms with van der Waals surface area (Å²) in [5.74, 6) is 0. The van der Waals surface area contributed by atoms with E-state index in [1.165, 1.54) is 0 Å². The van der Waals surface area contributed by atoms with Gasteiger partial charge in [0.1, 0.15) is 0 Å². The van der Waals surface area contributed by atoms with E-state index in [0.29, 0.717) is 10.0 Å². The first-order valence-electron chi connectivity index (χ1n) is 5.15. The third-order valence-corrected chi connectivity index (χ3v) is 2.96. The number of allylic oxidation sites excluding steroid dienone is 1. The van der Waals surface area contributed by atoms with Crippen molar-refractivity contribution in [2.45, 2.75) is 6.92 Å². The monoisotopic (exact) mass is 263 g/mol. The first kappa shape index (κ1) is 12.2. The van der Waals surface area contributed by atoms with Crippen LogP contribution in [-0.2, 0) is 0 Å². The van der Waals surface area contributed by atoms with E-state index in [9.17, 15) is 0 Å². The highest BCUT2D eigenvalue weighted by atomic mass is 35.5. The Labute approximate surface area is 111 Å². The lowest BCUT2D eigenvalue weighted by atomic mass is 10.1. The van der Waals surface area contributed by atoms with Gasteiger partial charge in [-0.2, -0.15) is 0 Å². The van der Waals surface area contributed by atoms with Crippen LogP contribution in [0.2, 0.25) is 10.0 Å². The summed E-state index contributed by atoms with van der Waals surface area (Å²) in [6.07, 6.45) is 1.77. The first-order chi connectivity index (χ1) is 8.08. The second-order valence-corrected chi connectivity index (χ2v) is 4.69. The molecule has 2 aromatic rings. The summed E-state index contributed by atoms with van der Waals surface area (Å²) < 4.78 is 0. The number of hydrogen-bond donors (Lipinski definition) is 0. The van der Waals surface area contributed by atoms with Gasteiger partial charge in [0.2, 0.25) is 0 Å². The average molecular weight is 264 g/mol. The van der Waals surface area contributed by atoms with Gasteiger partial charge < -0.3 is 0 Å². The molecule has 0 N–H and O–H groups in total. The highest BCUT2D eigenvalue weighted by molar-refractivity contribution is 6.33. The Balaban J connectivity index is 2.50. The zero-order chi connectivity index (χ0) is 12.4. The molecule has 2 rings (SSSR count). The second-order valence-electron chi connectivity index (χ2n) is 3.85. The van der Waals surface area contributed by atoms with Gasteiger partial charge in [-0.05, 0) is 36.3 Å². The normalized spacial score (nSPS) is 10.3. The largest absolute Gasteiger partial charge is 0.254 e. The molecule has 0 aliphatic rings. The zero-order valence-corrected chi connectivity index (χ0v) is 10.9. The van der Waals surface area contributed by atoms with Crippen LogP contribution in [0.25, 0.3) is 16.8 Å². The molecule has 0 saturated heterocycles. The lowest BCUT2D eigenvalue weighted by Crippen LogP contribution is -1.88. The fourth-order valence-corrected chi connectivity index (χ4v) is 1.99. The van der Waals surface area contributed by atoms with Crippen LogP contribution in [-0.4, -0.2) is 4.98 Å². The van der Waals surface area contributed by atoms with Gasteiger partial charge in [0.15, 0.2) is 0 Å². The highest BCUT2D eigenvalue weighted by Gasteiger charge is 2.07. The molecule has 0 unspecified atom stereocenters. The highest BCUT2D eigenvalue weighted by Crippen LogP contribution is 2.29. The van der Waals surface area contributed by atoms with Crippen LogP contribution in [0, 0.1) is 0 Å². The smallest absolute Gasteiger partial charge is 0.0889 e. The van der Waals surface area contributed by atoms with E-state index in [4.69, 9.17) is 23.2 Å². The maximum absolute atomic E-state index is 6.21. The standard InChI is InChI=1S/C14H11Cl2N/c1-9(2)11-7-13(16)14(17-8-11)10-4-3-5-12(15)6-10/h3-8H,1H2,2H3. The van der Waals surface area contributed by atoms with Gasteiger partial charge in [-0.1, -0.05) is 41.9 Å². The lowest BCUT2D eigenvalue weighted by molar-refractivity contribution is 1.30. The van der Waals surface area contributed by atoms with Crippen LogP contribution < -0.4 is 0 Å². The molecule has 0 spiro atoms. The number of aromatic nitrogens is 1. The van der Waals surface area contributed by atoms with Crippen molar-refractivity contribution < 1.29 is 0 Å². The Morgan fingerprint density at radius 1 is 1.24 bits per heavy atom. The Hall–Kier alpha value is -1.31. The first-order valence-corrected chi connectivity index (χ1v) is 5.91. The minimum Gasteiger partial charge on any atom is -0.254 e. The zero-order valence-electron chi connectivity index (χ0n) is 9.37. The number of rotatable bonds is 2. The molecule has 1 heterocycles. The SMILES string of the molecule is C=C(C)c1cnc(-c2cccc(Cl)c2)c(Cl)c1. The Morgan fingerprint density at radius 2 is 2.00 bits per heavy atom. The van der Waals surface area contributed by atoms with Crippen LogP contribution in [0.4, 0.5) is 0 Å². The van der Waals surface area contributed by atoms with E-state index in [1.54, 1.807) is 6.20 Å². The number of hydrogen-bond acceptors (Lipinski definition) is 1. The molecule has 17 heavy (non-hydrogen) atoms. The predicted molar refractivity (Wildman–Crippen MR) is 74.4 cm³/mol. The molecule has 0 fully saturated rings. The van der Waals surface area contributed by atoms with Crippen LogP contribution in [0.3, 0.4) is 0 Å². The molecule has 1 nitrogen and oxygen atoms in total. The summed E-state index contributed by atoms with van der Waals surface area (Å²) >= 11 is 12.2.